The van der Waals surface area contributed by atoms with Crippen molar-refractivity contribution in [1.82, 2.24) is 4.98 Å². The van der Waals surface area contributed by atoms with Crippen LogP contribution in [-0.4, -0.2) is 37.2 Å². The molecule has 1 N–H and O–H groups in total. The maximum absolute atomic E-state index is 12.5. The lowest BCUT2D eigenvalue weighted by atomic mass is 10.1. The van der Waals surface area contributed by atoms with E-state index < -0.39 is 0 Å². The first-order valence-electron chi connectivity index (χ1n) is 7.88. The molecule has 6 heteroatoms. The van der Waals surface area contributed by atoms with Crippen LogP contribution in [0.15, 0.2) is 48.7 Å². The van der Waals surface area contributed by atoms with Gasteiger partial charge in [0.15, 0.2) is 5.13 Å². The number of rotatable bonds is 3. The lowest BCUT2D eigenvalue weighted by molar-refractivity contribution is 0.102. The molecule has 1 aliphatic rings. The molecule has 4 rings (SSSR count). The lowest BCUT2D eigenvalue weighted by Crippen LogP contribution is -2.35. The third kappa shape index (κ3) is 3.11. The monoisotopic (exact) mass is 339 g/mol. The summed E-state index contributed by atoms with van der Waals surface area (Å²) in [7, 11) is 0. The largest absolute Gasteiger partial charge is 0.378 e. The van der Waals surface area contributed by atoms with Crippen molar-refractivity contribution in [2.75, 3.05) is 36.5 Å². The van der Waals surface area contributed by atoms with E-state index in [1.165, 1.54) is 11.3 Å². The lowest BCUT2D eigenvalue weighted by Gasteiger charge is -2.26. The Morgan fingerprint density at radius 1 is 1.12 bits per heavy atom. The van der Waals surface area contributed by atoms with Crippen LogP contribution in [0, 0.1) is 0 Å². The molecule has 2 heterocycles. The minimum atomic E-state index is -0.136. The van der Waals surface area contributed by atoms with E-state index in [0.717, 1.165) is 42.1 Å². The van der Waals surface area contributed by atoms with Gasteiger partial charge in [0.25, 0.3) is 5.91 Å². The summed E-state index contributed by atoms with van der Waals surface area (Å²) < 4.78 is 5.36. The van der Waals surface area contributed by atoms with Crippen LogP contribution in [0.4, 0.5) is 10.1 Å². The average molecular weight is 339 g/mol. The van der Waals surface area contributed by atoms with Crippen LogP contribution in [0.5, 0.6) is 0 Å². The number of fused-ring (bicyclic) bond motifs is 1. The molecular weight excluding hydrogens is 322 g/mol. The van der Waals surface area contributed by atoms with E-state index in [4.69, 9.17) is 4.74 Å². The van der Waals surface area contributed by atoms with Gasteiger partial charge in [-0.2, -0.15) is 0 Å². The molecule has 1 aromatic heterocycles. The van der Waals surface area contributed by atoms with Gasteiger partial charge in [-0.1, -0.05) is 41.7 Å². The molecule has 122 valence electrons. The van der Waals surface area contributed by atoms with Crippen molar-refractivity contribution in [3.8, 4) is 0 Å². The van der Waals surface area contributed by atoms with E-state index in [1.54, 1.807) is 0 Å². The fourth-order valence-electron chi connectivity index (χ4n) is 2.75. The second-order valence-corrected chi connectivity index (χ2v) is 6.63. The predicted molar refractivity (Wildman–Crippen MR) is 97.0 cm³/mol. The first-order valence-corrected chi connectivity index (χ1v) is 8.70. The van der Waals surface area contributed by atoms with Gasteiger partial charge in [-0.15, -0.1) is 0 Å². The minimum absolute atomic E-state index is 0.136. The number of nitrogens with one attached hydrogen (secondary N) is 1. The molecular formula is C18H17N3O2S. The van der Waals surface area contributed by atoms with E-state index in [9.17, 15) is 4.79 Å². The number of carbonyl (C=O) groups excluding carboxylic acids is 1. The number of morpholine rings is 1. The highest BCUT2D eigenvalue weighted by molar-refractivity contribution is 7.19. The van der Waals surface area contributed by atoms with Crippen LogP contribution >= 0.6 is 11.3 Å². The molecule has 1 aliphatic heterocycles. The van der Waals surface area contributed by atoms with E-state index in [0.29, 0.717) is 10.7 Å². The molecule has 0 bridgehead atoms. The van der Waals surface area contributed by atoms with E-state index >= 15 is 0 Å². The Hall–Kier alpha value is -2.44. The maximum atomic E-state index is 12.5. The van der Waals surface area contributed by atoms with Crippen LogP contribution in [0.3, 0.4) is 0 Å². The fourth-order valence-corrected chi connectivity index (χ4v) is 3.62. The Kier molecular flexibility index (Phi) is 4.15. The fraction of sp³-hybridized carbons (Fsp3) is 0.222. The highest BCUT2D eigenvalue weighted by Crippen LogP contribution is 2.28. The summed E-state index contributed by atoms with van der Waals surface area (Å²) >= 11 is 1.49. The van der Waals surface area contributed by atoms with E-state index in [1.807, 2.05) is 48.7 Å². The van der Waals surface area contributed by atoms with E-state index in [-0.39, 0.29) is 5.91 Å². The molecule has 2 aromatic carbocycles. The molecule has 0 atom stereocenters. The number of ether oxygens (including phenoxy) is 1. The molecule has 0 unspecified atom stereocenters. The van der Waals surface area contributed by atoms with Gasteiger partial charge in [-0.3, -0.25) is 10.1 Å². The van der Waals surface area contributed by atoms with Crippen molar-refractivity contribution < 1.29 is 9.53 Å². The molecule has 1 saturated heterocycles. The minimum Gasteiger partial charge on any atom is -0.378 e. The first-order chi connectivity index (χ1) is 11.8. The van der Waals surface area contributed by atoms with Gasteiger partial charge in [0.05, 0.1) is 19.4 Å². The molecule has 0 spiro atoms. The van der Waals surface area contributed by atoms with Gasteiger partial charge in [0.2, 0.25) is 0 Å². The summed E-state index contributed by atoms with van der Waals surface area (Å²) in [4.78, 5) is 19.0. The van der Waals surface area contributed by atoms with Gasteiger partial charge in [0.1, 0.15) is 5.00 Å². The summed E-state index contributed by atoms with van der Waals surface area (Å²) in [5.74, 6) is -0.136. The van der Waals surface area contributed by atoms with Crippen LogP contribution in [0.2, 0.25) is 0 Å². The molecule has 5 nitrogen and oxygen atoms in total. The van der Waals surface area contributed by atoms with Gasteiger partial charge in [-0.05, 0) is 22.9 Å². The van der Waals surface area contributed by atoms with Crippen LogP contribution < -0.4 is 10.2 Å². The topological polar surface area (TPSA) is 54.5 Å². The summed E-state index contributed by atoms with van der Waals surface area (Å²) in [5.41, 5.74) is 0.636. The number of aromatic nitrogens is 1. The summed E-state index contributed by atoms with van der Waals surface area (Å²) in [6, 6.07) is 13.7. The van der Waals surface area contributed by atoms with Gasteiger partial charge >= 0.3 is 0 Å². The standard InChI is InChI=1S/C18H17N3O2S/c22-17(15-6-5-13-3-1-2-4-14(13)11-15)20-18-19-12-16(24-18)21-7-9-23-10-8-21/h1-6,11-12H,7-10H2,(H,19,20,22). The third-order valence-electron chi connectivity index (χ3n) is 4.05. The summed E-state index contributed by atoms with van der Waals surface area (Å²) in [6.45, 7) is 3.19. The van der Waals surface area contributed by atoms with Crippen molar-refractivity contribution in [3.05, 3.63) is 54.2 Å². The number of carbonyl (C=O) groups is 1. The number of amides is 1. The van der Waals surface area contributed by atoms with Crippen molar-refractivity contribution in [2.45, 2.75) is 0 Å². The van der Waals surface area contributed by atoms with Crippen molar-refractivity contribution in [2.24, 2.45) is 0 Å². The Bertz CT molecular complexity index is 871. The van der Waals surface area contributed by atoms with Gasteiger partial charge < -0.3 is 9.64 Å². The number of benzene rings is 2. The highest BCUT2D eigenvalue weighted by Gasteiger charge is 2.15. The van der Waals surface area contributed by atoms with Crippen LogP contribution in [-0.2, 0) is 4.74 Å². The second kappa shape index (κ2) is 6.59. The Morgan fingerprint density at radius 3 is 2.75 bits per heavy atom. The number of nitrogens with zero attached hydrogens (tertiary/aromatic N) is 2. The molecule has 24 heavy (non-hydrogen) atoms. The maximum Gasteiger partial charge on any atom is 0.257 e. The SMILES string of the molecule is O=C(Nc1ncc(N2CCOCC2)s1)c1ccc2ccccc2c1. The number of hydrogen-bond donors (Lipinski definition) is 1. The zero-order valence-corrected chi connectivity index (χ0v) is 13.9. The average Bonchev–Trinajstić information content (AvgIpc) is 3.10. The molecule has 3 aromatic rings. The number of thiazole rings is 1. The summed E-state index contributed by atoms with van der Waals surface area (Å²) in [5, 5.41) is 6.75. The van der Waals surface area contributed by atoms with Crippen molar-refractivity contribution in [3.63, 3.8) is 0 Å². The van der Waals surface area contributed by atoms with Crippen LogP contribution in [0.25, 0.3) is 10.8 Å². The Morgan fingerprint density at radius 2 is 1.92 bits per heavy atom. The van der Waals surface area contributed by atoms with Crippen molar-refractivity contribution >= 4 is 38.1 Å². The van der Waals surface area contributed by atoms with Gasteiger partial charge in [-0.25, -0.2) is 4.98 Å². The quantitative estimate of drug-likeness (QED) is 0.795. The smallest absolute Gasteiger partial charge is 0.257 e. The second-order valence-electron chi connectivity index (χ2n) is 5.62. The highest BCUT2D eigenvalue weighted by atomic mass is 32.1. The summed E-state index contributed by atoms with van der Waals surface area (Å²) in [6.07, 6.45) is 1.81. The predicted octanol–water partition coefficient (Wildman–Crippen LogP) is 3.39. The number of hydrogen-bond acceptors (Lipinski definition) is 5. The first kappa shape index (κ1) is 15.1. The molecule has 1 fully saturated rings. The normalized spacial score (nSPS) is 14.8. The molecule has 0 saturated carbocycles. The molecule has 0 aliphatic carbocycles. The Balaban J connectivity index is 1.49. The third-order valence-corrected chi connectivity index (χ3v) is 5.02. The Labute approximate surface area is 143 Å². The number of anilines is 2. The zero-order valence-electron chi connectivity index (χ0n) is 13.1. The van der Waals surface area contributed by atoms with Crippen molar-refractivity contribution in [1.29, 1.82) is 0 Å². The van der Waals surface area contributed by atoms with Gasteiger partial charge in [0, 0.05) is 18.7 Å². The van der Waals surface area contributed by atoms with Crippen LogP contribution in [0.1, 0.15) is 10.4 Å². The molecule has 0 radical (unpaired) electrons. The zero-order chi connectivity index (χ0) is 16.4. The molecule has 1 amide bonds. The van der Waals surface area contributed by atoms with E-state index in [2.05, 4.69) is 15.2 Å².